The second-order valence-corrected chi connectivity index (χ2v) is 7.94. The fourth-order valence-electron chi connectivity index (χ4n) is 2.25. The van der Waals surface area contributed by atoms with E-state index in [1.807, 2.05) is 0 Å². The molecular weight excluding hydrogens is 332 g/mol. The summed E-state index contributed by atoms with van der Waals surface area (Å²) in [5.41, 5.74) is 5.00. The van der Waals surface area contributed by atoms with Gasteiger partial charge in [0.25, 0.3) is 0 Å². The number of nitrogen functional groups attached to an aromatic ring is 1. The number of rotatable bonds is 2. The predicted molar refractivity (Wildman–Crippen MR) is 77.2 cm³/mol. The summed E-state index contributed by atoms with van der Waals surface area (Å²) in [6, 6.07) is 4.74. The monoisotopic (exact) mass is 348 g/mol. The van der Waals surface area contributed by atoms with Gasteiger partial charge in [0.15, 0.2) is 0 Å². The Balaban J connectivity index is 2.39. The number of hydrogen-bond acceptors (Lipinski definition) is 4. The van der Waals surface area contributed by atoms with Gasteiger partial charge in [0.2, 0.25) is 10.0 Å². The van der Waals surface area contributed by atoms with Gasteiger partial charge in [-0.2, -0.15) is 4.31 Å². The summed E-state index contributed by atoms with van der Waals surface area (Å²) in [7, 11) is -3.67. The van der Waals surface area contributed by atoms with Crippen LogP contribution in [0.3, 0.4) is 0 Å². The number of nitrogens with two attached hydrogens (primary N) is 1. The van der Waals surface area contributed by atoms with Gasteiger partial charge in [0, 0.05) is 17.6 Å². The average molecular weight is 349 g/mol. The smallest absolute Gasteiger partial charge is 0.245 e. The molecule has 0 saturated carbocycles. The number of piperidine rings is 1. The van der Waals surface area contributed by atoms with E-state index in [4.69, 9.17) is 5.73 Å². The maximum Gasteiger partial charge on any atom is 0.245 e. The van der Waals surface area contributed by atoms with Gasteiger partial charge < -0.3 is 10.8 Å². The van der Waals surface area contributed by atoms with Crippen molar-refractivity contribution in [1.82, 2.24) is 4.31 Å². The zero-order chi connectivity index (χ0) is 14.3. The Bertz CT molecular complexity index is 587. The van der Waals surface area contributed by atoms with E-state index in [0.717, 1.165) is 0 Å². The van der Waals surface area contributed by atoms with Gasteiger partial charge >= 0.3 is 0 Å². The molecule has 1 aliphatic heterocycles. The molecule has 0 bridgehead atoms. The average Bonchev–Trinajstić information content (AvgIpc) is 2.31. The quantitative estimate of drug-likeness (QED) is 0.794. The van der Waals surface area contributed by atoms with Crippen LogP contribution in [0.15, 0.2) is 27.6 Å². The number of β-amino-alcohol motifs (C(OH)–C–C–N with tert-alkyl or cyclic N) is 1. The Hall–Kier alpha value is -0.630. The van der Waals surface area contributed by atoms with Crippen molar-refractivity contribution >= 4 is 31.6 Å². The summed E-state index contributed by atoms with van der Waals surface area (Å²) in [4.78, 5) is 0.0829. The van der Waals surface area contributed by atoms with Crippen molar-refractivity contribution in [3.63, 3.8) is 0 Å². The molecule has 1 unspecified atom stereocenters. The third-order valence-corrected chi connectivity index (χ3v) is 5.63. The highest BCUT2D eigenvalue weighted by molar-refractivity contribution is 9.10. The van der Waals surface area contributed by atoms with Crippen LogP contribution in [0.2, 0.25) is 0 Å². The van der Waals surface area contributed by atoms with Crippen molar-refractivity contribution in [2.45, 2.75) is 30.3 Å². The van der Waals surface area contributed by atoms with Crippen molar-refractivity contribution in [2.24, 2.45) is 0 Å². The van der Waals surface area contributed by atoms with Crippen molar-refractivity contribution in [1.29, 1.82) is 0 Å². The number of sulfonamides is 1. The number of hydrogen-bond donors (Lipinski definition) is 2. The molecule has 2 rings (SSSR count). The molecular formula is C12H17BrN2O3S. The van der Waals surface area contributed by atoms with Crippen LogP contribution in [-0.4, -0.2) is 36.5 Å². The first-order chi connectivity index (χ1) is 8.72. The van der Waals surface area contributed by atoms with Crippen molar-refractivity contribution < 1.29 is 13.5 Å². The summed E-state index contributed by atoms with van der Waals surface area (Å²) in [6.45, 7) is 2.16. The predicted octanol–water partition coefficient (Wildman–Crippen LogP) is 1.57. The number of nitrogens with zero attached hydrogens (tertiary/aromatic N) is 1. The first kappa shape index (κ1) is 14.8. The van der Waals surface area contributed by atoms with E-state index in [0.29, 0.717) is 23.9 Å². The normalized spacial score (nSPS) is 25.4. The molecule has 1 atom stereocenters. The van der Waals surface area contributed by atoms with Crippen LogP contribution in [0.4, 0.5) is 5.69 Å². The molecule has 0 aromatic heterocycles. The fraction of sp³-hybridized carbons (Fsp3) is 0.500. The largest absolute Gasteiger partial charge is 0.398 e. The number of aliphatic hydroxyl groups is 1. The highest BCUT2D eigenvalue weighted by Crippen LogP contribution is 2.30. The Morgan fingerprint density at radius 2 is 2.16 bits per heavy atom. The lowest BCUT2D eigenvalue weighted by Crippen LogP contribution is -2.48. The van der Waals surface area contributed by atoms with Gasteiger partial charge in [-0.15, -0.1) is 0 Å². The summed E-state index contributed by atoms with van der Waals surface area (Å²) in [6.07, 6.45) is 1.24. The number of benzene rings is 1. The molecule has 19 heavy (non-hydrogen) atoms. The molecule has 1 heterocycles. The van der Waals surface area contributed by atoms with E-state index in [-0.39, 0.29) is 17.1 Å². The van der Waals surface area contributed by atoms with Gasteiger partial charge in [-0.3, -0.25) is 0 Å². The van der Waals surface area contributed by atoms with Crippen LogP contribution >= 0.6 is 15.9 Å². The third kappa shape index (κ3) is 3.10. The fourth-order valence-corrected chi connectivity index (χ4v) is 4.50. The third-order valence-electron chi connectivity index (χ3n) is 3.23. The van der Waals surface area contributed by atoms with Crippen LogP contribution in [0.5, 0.6) is 0 Å². The molecule has 0 spiro atoms. The van der Waals surface area contributed by atoms with Gasteiger partial charge in [-0.1, -0.05) is 15.9 Å². The maximum atomic E-state index is 12.6. The van der Waals surface area contributed by atoms with E-state index in [9.17, 15) is 13.5 Å². The Kier molecular flexibility index (Phi) is 3.92. The van der Waals surface area contributed by atoms with E-state index < -0.39 is 15.6 Å². The minimum absolute atomic E-state index is 0.0829. The molecule has 1 aliphatic rings. The first-order valence-electron chi connectivity index (χ1n) is 6.00. The van der Waals surface area contributed by atoms with Crippen molar-refractivity contribution in [3.05, 3.63) is 22.7 Å². The van der Waals surface area contributed by atoms with E-state index >= 15 is 0 Å². The van der Waals surface area contributed by atoms with Crippen LogP contribution in [0.1, 0.15) is 19.8 Å². The molecule has 3 N–H and O–H groups in total. The lowest BCUT2D eigenvalue weighted by molar-refractivity contribution is 0.00941. The van der Waals surface area contributed by atoms with E-state index in [2.05, 4.69) is 15.9 Å². The first-order valence-corrected chi connectivity index (χ1v) is 8.23. The maximum absolute atomic E-state index is 12.6. The SMILES string of the molecule is CC1(O)CCCN(S(=O)(=O)c2cc(Br)ccc2N)C1. The van der Waals surface area contributed by atoms with Crippen LogP contribution in [-0.2, 0) is 10.0 Å². The van der Waals surface area contributed by atoms with E-state index in [1.165, 1.54) is 10.4 Å². The molecule has 5 nitrogen and oxygen atoms in total. The molecule has 106 valence electrons. The lowest BCUT2D eigenvalue weighted by atomic mass is 9.97. The summed E-state index contributed by atoms with van der Waals surface area (Å²) in [5.74, 6) is 0. The van der Waals surface area contributed by atoms with E-state index in [1.54, 1.807) is 19.1 Å². The Labute approximate surface area is 121 Å². The van der Waals surface area contributed by atoms with Gasteiger partial charge in [0.05, 0.1) is 11.3 Å². The van der Waals surface area contributed by atoms with Gasteiger partial charge in [-0.05, 0) is 38.0 Å². The standard InChI is InChI=1S/C12H17BrN2O3S/c1-12(16)5-2-6-15(8-12)19(17,18)11-7-9(13)3-4-10(11)14/h3-4,7,16H,2,5-6,8,14H2,1H3. The van der Waals surface area contributed by atoms with Crippen LogP contribution in [0, 0.1) is 0 Å². The molecule has 1 fully saturated rings. The number of anilines is 1. The molecule has 7 heteroatoms. The minimum Gasteiger partial charge on any atom is -0.398 e. The Morgan fingerprint density at radius 3 is 2.79 bits per heavy atom. The highest BCUT2D eigenvalue weighted by atomic mass is 79.9. The summed E-state index contributed by atoms with van der Waals surface area (Å²) >= 11 is 3.25. The van der Waals surface area contributed by atoms with Crippen LogP contribution < -0.4 is 5.73 Å². The highest BCUT2D eigenvalue weighted by Gasteiger charge is 2.36. The lowest BCUT2D eigenvalue weighted by Gasteiger charge is -2.36. The molecule has 1 aromatic rings. The van der Waals surface area contributed by atoms with Crippen LogP contribution in [0.25, 0.3) is 0 Å². The topological polar surface area (TPSA) is 83.6 Å². The zero-order valence-corrected chi connectivity index (χ0v) is 13.0. The minimum atomic E-state index is -3.67. The van der Waals surface area contributed by atoms with Gasteiger partial charge in [-0.25, -0.2) is 8.42 Å². The number of halogens is 1. The molecule has 0 radical (unpaired) electrons. The Morgan fingerprint density at radius 1 is 1.47 bits per heavy atom. The molecule has 0 aliphatic carbocycles. The van der Waals surface area contributed by atoms with Crippen molar-refractivity contribution in [3.8, 4) is 0 Å². The molecule has 1 saturated heterocycles. The second-order valence-electron chi connectivity index (χ2n) is 5.12. The molecule has 0 amide bonds. The summed E-state index contributed by atoms with van der Waals surface area (Å²) < 4.78 is 27.1. The molecule has 1 aromatic carbocycles. The summed E-state index contributed by atoms with van der Waals surface area (Å²) in [5, 5.41) is 10.0. The zero-order valence-electron chi connectivity index (χ0n) is 10.6. The second kappa shape index (κ2) is 5.05. The van der Waals surface area contributed by atoms with Crippen molar-refractivity contribution in [2.75, 3.05) is 18.8 Å². The van der Waals surface area contributed by atoms with Gasteiger partial charge in [0.1, 0.15) is 4.90 Å².